The van der Waals surface area contributed by atoms with Crippen LogP contribution in [0.2, 0.25) is 0 Å². The van der Waals surface area contributed by atoms with E-state index in [4.69, 9.17) is 19.6 Å². The number of rotatable bonds is 12. The van der Waals surface area contributed by atoms with Gasteiger partial charge in [-0.15, -0.1) is 0 Å². The molecule has 0 fully saturated rings. The van der Waals surface area contributed by atoms with Gasteiger partial charge in [0, 0.05) is 22.1 Å². The van der Waals surface area contributed by atoms with Crippen molar-refractivity contribution in [2.24, 2.45) is 5.73 Å². The standard InChI is InChI=1S/C32H35FN2O6S/c1-5-39-29(36)17-23-9-10-25(31(34)37)16-28(23)41-19-20-13-24-11-12-40-30(24)26(14-20)21-7-6-8-22(15-21)27(18-33)35-42(38)32(2,3)4/h6-16,27,35H,5,17-19H2,1-4H3,(H2,34,37)/t27?,42-/m1/s1. The zero-order chi connectivity index (χ0) is 30.4. The predicted octanol–water partition coefficient (Wildman–Crippen LogP) is 5.95. The summed E-state index contributed by atoms with van der Waals surface area (Å²) in [7, 11) is -1.45. The molecule has 0 saturated carbocycles. The van der Waals surface area contributed by atoms with Crippen LogP contribution in [-0.2, 0) is 33.5 Å². The number of nitrogens with one attached hydrogen (secondary N) is 1. The number of furan rings is 1. The lowest BCUT2D eigenvalue weighted by molar-refractivity contribution is -0.142. The van der Waals surface area contributed by atoms with E-state index >= 15 is 0 Å². The van der Waals surface area contributed by atoms with Crippen LogP contribution in [0.5, 0.6) is 5.75 Å². The molecule has 0 spiro atoms. The SMILES string of the molecule is CCOC(=O)Cc1ccc(C(N)=O)cc1OCc1cc(-c2cccc(C(CF)N[S@](=O)C(C)(C)C)c2)c2occc2c1. The van der Waals surface area contributed by atoms with E-state index < -0.39 is 40.3 Å². The van der Waals surface area contributed by atoms with E-state index in [2.05, 4.69) is 4.72 Å². The van der Waals surface area contributed by atoms with Gasteiger partial charge in [0.15, 0.2) is 0 Å². The van der Waals surface area contributed by atoms with Crippen LogP contribution < -0.4 is 15.2 Å². The van der Waals surface area contributed by atoms with Crippen molar-refractivity contribution in [3.8, 4) is 16.9 Å². The van der Waals surface area contributed by atoms with Gasteiger partial charge in [-0.1, -0.05) is 24.3 Å². The molecule has 0 aliphatic heterocycles. The number of ether oxygens (including phenoxy) is 2. The van der Waals surface area contributed by atoms with Crippen LogP contribution in [0.3, 0.4) is 0 Å². The summed E-state index contributed by atoms with van der Waals surface area (Å²) in [6.45, 7) is 6.84. The number of fused-ring (bicyclic) bond motifs is 1. The lowest BCUT2D eigenvalue weighted by atomic mass is 9.97. The van der Waals surface area contributed by atoms with Crippen molar-refractivity contribution in [1.82, 2.24) is 4.72 Å². The minimum atomic E-state index is -1.45. The van der Waals surface area contributed by atoms with Gasteiger partial charge in [-0.05, 0) is 80.8 Å². The van der Waals surface area contributed by atoms with Crippen molar-refractivity contribution in [3.05, 3.63) is 89.2 Å². The molecule has 3 N–H and O–H groups in total. The number of primary amides is 1. The first-order valence-corrected chi connectivity index (χ1v) is 14.7. The first-order chi connectivity index (χ1) is 20.0. The number of hydrogen-bond donors (Lipinski definition) is 2. The van der Waals surface area contributed by atoms with Gasteiger partial charge in [-0.25, -0.2) is 13.3 Å². The van der Waals surface area contributed by atoms with E-state index in [0.717, 1.165) is 22.1 Å². The molecule has 2 atom stereocenters. The van der Waals surface area contributed by atoms with Crippen LogP contribution >= 0.6 is 0 Å². The van der Waals surface area contributed by atoms with Crippen molar-refractivity contribution < 1.29 is 32.1 Å². The number of nitrogens with two attached hydrogens (primary N) is 1. The summed E-state index contributed by atoms with van der Waals surface area (Å²) in [5.41, 5.74) is 9.95. The third-order valence-electron chi connectivity index (χ3n) is 6.56. The van der Waals surface area contributed by atoms with Gasteiger partial charge < -0.3 is 19.6 Å². The summed E-state index contributed by atoms with van der Waals surface area (Å²) in [5.74, 6) is -0.681. The maximum Gasteiger partial charge on any atom is 0.310 e. The van der Waals surface area contributed by atoms with Crippen molar-refractivity contribution in [2.45, 2.75) is 51.5 Å². The normalized spacial score (nSPS) is 13.1. The molecule has 0 aliphatic rings. The molecule has 1 aromatic heterocycles. The van der Waals surface area contributed by atoms with E-state index in [1.54, 1.807) is 31.4 Å². The maximum absolute atomic E-state index is 14.1. The monoisotopic (exact) mass is 594 g/mol. The second-order valence-corrected chi connectivity index (χ2v) is 12.8. The molecule has 1 unspecified atom stereocenters. The summed E-state index contributed by atoms with van der Waals surface area (Å²) in [5, 5.41) is 0.836. The summed E-state index contributed by atoms with van der Waals surface area (Å²) in [6.07, 6.45) is 1.57. The zero-order valence-corrected chi connectivity index (χ0v) is 24.9. The molecule has 0 saturated heterocycles. The Morgan fingerprint density at radius 3 is 2.57 bits per heavy atom. The molecular formula is C32H35FN2O6S. The fourth-order valence-corrected chi connectivity index (χ4v) is 5.19. The number of alkyl halides is 1. The van der Waals surface area contributed by atoms with Crippen LogP contribution in [0.4, 0.5) is 4.39 Å². The minimum Gasteiger partial charge on any atom is -0.489 e. The van der Waals surface area contributed by atoms with E-state index in [-0.39, 0.29) is 25.2 Å². The average Bonchev–Trinajstić information content (AvgIpc) is 3.43. The smallest absolute Gasteiger partial charge is 0.310 e. The number of halogens is 1. The Kier molecular flexibility index (Phi) is 9.80. The molecule has 0 bridgehead atoms. The average molecular weight is 595 g/mol. The van der Waals surface area contributed by atoms with Gasteiger partial charge in [0.25, 0.3) is 0 Å². The molecule has 4 rings (SSSR count). The molecule has 222 valence electrons. The zero-order valence-electron chi connectivity index (χ0n) is 24.1. The largest absolute Gasteiger partial charge is 0.489 e. The quantitative estimate of drug-likeness (QED) is 0.196. The van der Waals surface area contributed by atoms with Gasteiger partial charge in [-0.3, -0.25) is 9.59 Å². The Bertz CT molecular complexity index is 1610. The fraction of sp³-hybridized carbons (Fsp3) is 0.312. The maximum atomic E-state index is 14.1. The third kappa shape index (κ3) is 7.43. The summed E-state index contributed by atoms with van der Waals surface area (Å²) in [4.78, 5) is 24.0. The Labute approximate surface area is 247 Å². The van der Waals surface area contributed by atoms with Crippen LogP contribution in [0.25, 0.3) is 22.1 Å². The summed E-state index contributed by atoms with van der Waals surface area (Å²) < 4.78 is 46.1. The van der Waals surface area contributed by atoms with Gasteiger partial charge in [-0.2, -0.15) is 0 Å². The van der Waals surface area contributed by atoms with Crippen LogP contribution in [0, 0.1) is 0 Å². The lowest BCUT2D eigenvalue weighted by Gasteiger charge is -2.23. The highest BCUT2D eigenvalue weighted by atomic mass is 32.2. The minimum absolute atomic E-state index is 0.0230. The van der Waals surface area contributed by atoms with Crippen LogP contribution in [0.1, 0.15) is 60.8 Å². The van der Waals surface area contributed by atoms with Crippen molar-refractivity contribution in [1.29, 1.82) is 0 Å². The second-order valence-electron chi connectivity index (χ2n) is 10.8. The molecule has 42 heavy (non-hydrogen) atoms. The number of carbonyl (C=O) groups excluding carboxylic acids is 2. The molecule has 1 amide bonds. The highest BCUT2D eigenvalue weighted by molar-refractivity contribution is 7.84. The molecule has 1 heterocycles. The van der Waals surface area contributed by atoms with Gasteiger partial charge in [0.05, 0.1) is 41.1 Å². The van der Waals surface area contributed by atoms with E-state index in [9.17, 15) is 18.2 Å². The second kappa shape index (κ2) is 13.3. The molecule has 10 heteroatoms. The Morgan fingerprint density at radius 1 is 1.10 bits per heavy atom. The predicted molar refractivity (Wildman–Crippen MR) is 161 cm³/mol. The fourth-order valence-electron chi connectivity index (χ4n) is 4.38. The van der Waals surface area contributed by atoms with Crippen molar-refractivity contribution in [2.75, 3.05) is 13.3 Å². The molecular weight excluding hydrogens is 559 g/mol. The third-order valence-corrected chi connectivity index (χ3v) is 8.17. The topological polar surface area (TPSA) is 121 Å². The molecule has 8 nitrogen and oxygen atoms in total. The van der Waals surface area contributed by atoms with E-state index in [1.807, 2.05) is 57.2 Å². The van der Waals surface area contributed by atoms with Crippen molar-refractivity contribution >= 4 is 33.8 Å². The summed E-state index contributed by atoms with van der Waals surface area (Å²) >= 11 is 0. The Balaban J connectivity index is 1.66. The first kappa shape index (κ1) is 30.9. The van der Waals surface area contributed by atoms with Gasteiger partial charge >= 0.3 is 5.97 Å². The number of esters is 1. The Hall–Kier alpha value is -4.02. The molecule has 4 aromatic rings. The lowest BCUT2D eigenvalue weighted by Crippen LogP contribution is -2.36. The number of benzene rings is 3. The van der Waals surface area contributed by atoms with Crippen LogP contribution in [-0.4, -0.2) is 34.1 Å². The molecule has 0 aliphatic carbocycles. The molecule has 3 aromatic carbocycles. The Morgan fingerprint density at radius 2 is 1.88 bits per heavy atom. The number of hydrogen-bond acceptors (Lipinski definition) is 6. The number of amides is 1. The highest BCUT2D eigenvalue weighted by Gasteiger charge is 2.24. The highest BCUT2D eigenvalue weighted by Crippen LogP contribution is 2.33. The van der Waals surface area contributed by atoms with E-state index in [1.165, 1.54) is 6.07 Å². The number of carbonyl (C=O) groups is 2. The van der Waals surface area contributed by atoms with Crippen molar-refractivity contribution in [3.63, 3.8) is 0 Å². The van der Waals surface area contributed by atoms with Gasteiger partial charge in [0.2, 0.25) is 5.91 Å². The first-order valence-electron chi connectivity index (χ1n) is 13.6. The summed E-state index contributed by atoms with van der Waals surface area (Å²) in [6, 6.07) is 17.0. The van der Waals surface area contributed by atoms with Crippen LogP contribution in [0.15, 0.2) is 71.3 Å². The molecule has 0 radical (unpaired) electrons. The van der Waals surface area contributed by atoms with E-state index in [0.29, 0.717) is 22.5 Å². The van der Waals surface area contributed by atoms with Gasteiger partial charge in [0.1, 0.15) is 24.6 Å².